The Bertz CT molecular complexity index is 295. The molecule has 0 aromatic carbocycles. The number of hydrogen-bond acceptors (Lipinski definition) is 2. The Morgan fingerprint density at radius 2 is 1.88 bits per heavy atom. The van der Waals surface area contributed by atoms with Crippen LogP contribution in [-0.4, -0.2) is 29.9 Å². The van der Waals surface area contributed by atoms with Crippen LogP contribution in [0.15, 0.2) is 0 Å². The lowest BCUT2D eigenvalue weighted by Gasteiger charge is -2.24. The second kappa shape index (κ2) is 3.46. The Morgan fingerprint density at radius 3 is 2.31 bits per heavy atom. The van der Waals surface area contributed by atoms with Crippen LogP contribution in [0.1, 0.15) is 40.5 Å². The normalized spacial score (nSPS) is 31.8. The third-order valence-electron chi connectivity index (χ3n) is 5.20. The largest absolute Gasteiger partial charge is 0.338 e. The molecule has 92 valence electrons. The van der Waals surface area contributed by atoms with E-state index in [-0.39, 0.29) is 16.7 Å². The maximum absolute atomic E-state index is 12.5. The molecule has 1 unspecified atom stereocenters. The van der Waals surface area contributed by atoms with Gasteiger partial charge in [-0.25, -0.2) is 0 Å². The average Bonchev–Trinajstić information content (AvgIpc) is 2.58. The quantitative estimate of drug-likeness (QED) is 0.774. The minimum atomic E-state index is 0.145. The second-order valence-corrected chi connectivity index (χ2v) is 6.44. The molecule has 1 atom stereocenters. The van der Waals surface area contributed by atoms with Crippen LogP contribution in [0.2, 0.25) is 0 Å². The average molecular weight is 224 g/mol. The maximum Gasteiger partial charge on any atom is 0.227 e. The minimum Gasteiger partial charge on any atom is -0.338 e. The molecule has 3 heteroatoms. The lowest BCUT2D eigenvalue weighted by atomic mass is 10.0. The van der Waals surface area contributed by atoms with Gasteiger partial charge in [-0.1, -0.05) is 27.7 Å². The fraction of sp³-hybridized carbons (Fsp3) is 0.923. The van der Waals surface area contributed by atoms with Crippen molar-refractivity contribution in [1.29, 1.82) is 0 Å². The van der Waals surface area contributed by atoms with Gasteiger partial charge in [0.15, 0.2) is 0 Å². The number of nitrogens with two attached hydrogens (primary N) is 1. The molecule has 1 aliphatic carbocycles. The zero-order valence-electron chi connectivity index (χ0n) is 10.9. The molecule has 0 radical (unpaired) electrons. The van der Waals surface area contributed by atoms with E-state index >= 15 is 0 Å². The molecule has 0 bridgehead atoms. The second-order valence-electron chi connectivity index (χ2n) is 6.44. The first-order valence-electron chi connectivity index (χ1n) is 6.34. The summed E-state index contributed by atoms with van der Waals surface area (Å²) in [5, 5.41) is 0. The summed E-state index contributed by atoms with van der Waals surface area (Å²) in [7, 11) is 0. The number of nitrogens with zero attached hydrogens (tertiary/aromatic N) is 1. The molecule has 2 aliphatic rings. The van der Waals surface area contributed by atoms with Crippen LogP contribution in [0.4, 0.5) is 0 Å². The molecule has 1 aliphatic heterocycles. The Morgan fingerprint density at radius 1 is 1.31 bits per heavy atom. The van der Waals surface area contributed by atoms with Gasteiger partial charge in [-0.15, -0.1) is 0 Å². The maximum atomic E-state index is 12.5. The standard InChI is InChI=1S/C13H24N2O/c1-12(2)10(13(12,3)4)11(16)15-7-5-6-9(15)8-14/h9-10H,5-8,14H2,1-4H3. The molecule has 1 heterocycles. The molecule has 0 aromatic heterocycles. The van der Waals surface area contributed by atoms with Gasteiger partial charge in [0, 0.05) is 25.0 Å². The van der Waals surface area contributed by atoms with Gasteiger partial charge in [0.1, 0.15) is 0 Å². The number of likely N-dealkylation sites (tertiary alicyclic amines) is 1. The van der Waals surface area contributed by atoms with Gasteiger partial charge in [0.05, 0.1) is 0 Å². The van der Waals surface area contributed by atoms with Crippen LogP contribution in [-0.2, 0) is 4.79 Å². The highest BCUT2D eigenvalue weighted by molar-refractivity contribution is 5.84. The summed E-state index contributed by atoms with van der Waals surface area (Å²) < 4.78 is 0. The summed E-state index contributed by atoms with van der Waals surface area (Å²) in [5.74, 6) is 0.523. The number of carbonyl (C=O) groups is 1. The Balaban J connectivity index is 2.10. The summed E-state index contributed by atoms with van der Waals surface area (Å²) in [4.78, 5) is 14.5. The van der Waals surface area contributed by atoms with Gasteiger partial charge >= 0.3 is 0 Å². The summed E-state index contributed by atoms with van der Waals surface area (Å²) in [5.41, 5.74) is 6.01. The van der Waals surface area contributed by atoms with E-state index in [9.17, 15) is 4.79 Å². The van der Waals surface area contributed by atoms with Gasteiger partial charge < -0.3 is 10.6 Å². The van der Waals surface area contributed by atoms with Gasteiger partial charge in [-0.05, 0) is 23.7 Å². The first-order chi connectivity index (χ1) is 7.34. The van der Waals surface area contributed by atoms with Crippen LogP contribution < -0.4 is 5.73 Å². The summed E-state index contributed by atoms with van der Waals surface area (Å²) >= 11 is 0. The monoisotopic (exact) mass is 224 g/mol. The van der Waals surface area contributed by atoms with Crippen molar-refractivity contribution in [2.24, 2.45) is 22.5 Å². The SMILES string of the molecule is CC1(C)C(C(=O)N2CCCC2CN)C1(C)C. The van der Waals surface area contributed by atoms with Gasteiger partial charge in [0.25, 0.3) is 0 Å². The van der Waals surface area contributed by atoms with Crippen molar-refractivity contribution in [3.63, 3.8) is 0 Å². The highest BCUT2D eigenvalue weighted by Gasteiger charge is 2.69. The predicted molar refractivity (Wildman–Crippen MR) is 64.8 cm³/mol. The topological polar surface area (TPSA) is 46.3 Å². The van der Waals surface area contributed by atoms with E-state index in [0.29, 0.717) is 18.5 Å². The van der Waals surface area contributed by atoms with E-state index in [2.05, 4.69) is 27.7 Å². The Labute approximate surface area is 98.4 Å². The lowest BCUT2D eigenvalue weighted by molar-refractivity contribution is -0.134. The van der Waals surface area contributed by atoms with E-state index in [4.69, 9.17) is 5.73 Å². The van der Waals surface area contributed by atoms with E-state index < -0.39 is 0 Å². The molecular formula is C13H24N2O. The summed E-state index contributed by atoms with van der Waals surface area (Å²) in [6.45, 7) is 10.3. The fourth-order valence-corrected chi connectivity index (χ4v) is 3.35. The molecule has 1 saturated carbocycles. The van der Waals surface area contributed by atoms with Crippen molar-refractivity contribution >= 4 is 5.91 Å². The van der Waals surface area contributed by atoms with Crippen molar-refractivity contribution in [3.8, 4) is 0 Å². The van der Waals surface area contributed by atoms with Crippen molar-refractivity contribution in [1.82, 2.24) is 4.90 Å². The molecule has 2 rings (SSSR count). The zero-order valence-corrected chi connectivity index (χ0v) is 10.9. The van der Waals surface area contributed by atoms with Crippen LogP contribution in [0.25, 0.3) is 0 Å². The third-order valence-corrected chi connectivity index (χ3v) is 5.20. The summed E-state index contributed by atoms with van der Waals surface area (Å²) in [6.07, 6.45) is 2.19. The number of carbonyl (C=O) groups excluding carboxylic acids is 1. The molecule has 2 N–H and O–H groups in total. The van der Waals surface area contributed by atoms with E-state index in [1.54, 1.807) is 0 Å². The zero-order chi connectivity index (χ0) is 12.1. The first kappa shape index (κ1) is 11.9. The molecule has 16 heavy (non-hydrogen) atoms. The van der Waals surface area contributed by atoms with Crippen molar-refractivity contribution in [3.05, 3.63) is 0 Å². The van der Waals surface area contributed by atoms with Gasteiger partial charge in [0.2, 0.25) is 5.91 Å². The number of hydrogen-bond donors (Lipinski definition) is 1. The van der Waals surface area contributed by atoms with Crippen molar-refractivity contribution < 1.29 is 4.79 Å². The third kappa shape index (κ3) is 1.41. The lowest BCUT2D eigenvalue weighted by Crippen LogP contribution is -2.41. The molecule has 1 saturated heterocycles. The van der Waals surface area contributed by atoms with Crippen LogP contribution in [0, 0.1) is 16.7 Å². The molecule has 3 nitrogen and oxygen atoms in total. The van der Waals surface area contributed by atoms with Crippen molar-refractivity contribution in [2.45, 2.75) is 46.6 Å². The first-order valence-corrected chi connectivity index (χ1v) is 6.34. The Kier molecular flexibility index (Phi) is 2.57. The molecule has 0 aromatic rings. The number of amides is 1. The van der Waals surface area contributed by atoms with E-state index in [1.165, 1.54) is 0 Å². The van der Waals surface area contributed by atoms with Crippen LogP contribution >= 0.6 is 0 Å². The van der Waals surface area contributed by atoms with E-state index in [0.717, 1.165) is 19.4 Å². The summed E-state index contributed by atoms with van der Waals surface area (Å²) in [6, 6.07) is 0.291. The van der Waals surface area contributed by atoms with Crippen LogP contribution in [0.3, 0.4) is 0 Å². The van der Waals surface area contributed by atoms with E-state index in [1.807, 2.05) is 4.90 Å². The molecule has 0 spiro atoms. The van der Waals surface area contributed by atoms with Crippen molar-refractivity contribution in [2.75, 3.05) is 13.1 Å². The van der Waals surface area contributed by atoms with Gasteiger partial charge in [-0.3, -0.25) is 4.79 Å². The van der Waals surface area contributed by atoms with Crippen LogP contribution in [0.5, 0.6) is 0 Å². The number of rotatable bonds is 2. The molecule has 2 fully saturated rings. The highest BCUT2D eigenvalue weighted by atomic mass is 16.2. The fourth-order valence-electron chi connectivity index (χ4n) is 3.35. The van der Waals surface area contributed by atoms with Gasteiger partial charge in [-0.2, -0.15) is 0 Å². The smallest absolute Gasteiger partial charge is 0.227 e. The predicted octanol–water partition coefficient (Wildman–Crippen LogP) is 1.62. The highest BCUT2D eigenvalue weighted by Crippen LogP contribution is 2.69. The Hall–Kier alpha value is -0.570. The molecule has 1 amide bonds. The molecular weight excluding hydrogens is 200 g/mol. The minimum absolute atomic E-state index is 0.145.